The predicted molar refractivity (Wildman–Crippen MR) is 64.3 cm³/mol. The molecule has 1 unspecified atom stereocenters. The molecule has 106 valence electrons. The van der Waals surface area contributed by atoms with Gasteiger partial charge in [-0.05, 0) is 11.6 Å². The lowest BCUT2D eigenvalue weighted by Gasteiger charge is -2.18. The Labute approximate surface area is 109 Å². The van der Waals surface area contributed by atoms with Crippen molar-refractivity contribution in [2.45, 2.75) is 26.1 Å². The third-order valence-electron chi connectivity index (χ3n) is 2.62. The minimum absolute atomic E-state index is 0.237. The van der Waals surface area contributed by atoms with E-state index in [0.29, 0.717) is 0 Å². The fraction of sp³-hybridized carbons (Fsp3) is 0.462. The zero-order chi connectivity index (χ0) is 14.6. The summed E-state index contributed by atoms with van der Waals surface area (Å²) in [7, 11) is 0. The third-order valence-corrected chi connectivity index (χ3v) is 2.62. The molecule has 0 radical (unpaired) electrons. The molecule has 0 spiro atoms. The predicted octanol–water partition coefficient (Wildman–Crippen LogP) is 2.51. The van der Waals surface area contributed by atoms with Gasteiger partial charge in [0.1, 0.15) is 0 Å². The largest absolute Gasteiger partial charge is 0.416 e. The van der Waals surface area contributed by atoms with Gasteiger partial charge in [-0.2, -0.15) is 13.2 Å². The molecule has 0 saturated carbocycles. The van der Waals surface area contributed by atoms with Gasteiger partial charge >= 0.3 is 6.18 Å². The molecule has 1 amide bonds. The van der Waals surface area contributed by atoms with Crippen LogP contribution in [0.2, 0.25) is 0 Å². The Morgan fingerprint density at radius 2 is 1.89 bits per heavy atom. The van der Waals surface area contributed by atoms with Crippen LogP contribution < -0.4 is 5.32 Å². The van der Waals surface area contributed by atoms with Crippen molar-refractivity contribution in [2.75, 3.05) is 6.54 Å². The molecule has 0 bridgehead atoms. The number of rotatable bonds is 4. The third kappa shape index (κ3) is 4.24. The fourth-order valence-corrected chi connectivity index (χ4v) is 1.56. The Morgan fingerprint density at radius 3 is 2.42 bits per heavy atom. The lowest BCUT2D eigenvalue weighted by Crippen LogP contribution is -2.32. The molecule has 0 heterocycles. The van der Waals surface area contributed by atoms with E-state index in [0.717, 1.165) is 6.07 Å². The van der Waals surface area contributed by atoms with Gasteiger partial charge in [0.15, 0.2) is 0 Å². The molecule has 1 atom stereocenters. The average molecular weight is 275 g/mol. The van der Waals surface area contributed by atoms with Crippen molar-refractivity contribution >= 4 is 5.91 Å². The van der Waals surface area contributed by atoms with Crippen molar-refractivity contribution < 1.29 is 23.1 Å². The standard InChI is InChI=1S/C13H16F3NO2/c1-8(2)12(19)17-7-11(18)9-5-3-4-6-10(9)13(14,15)16/h3-6,8,11,18H,7H2,1-2H3,(H,17,19). The summed E-state index contributed by atoms with van der Waals surface area (Å²) in [4.78, 5) is 11.3. The van der Waals surface area contributed by atoms with Crippen LogP contribution in [-0.2, 0) is 11.0 Å². The second-order valence-corrected chi connectivity index (χ2v) is 4.50. The van der Waals surface area contributed by atoms with E-state index in [1.54, 1.807) is 13.8 Å². The first-order valence-corrected chi connectivity index (χ1v) is 5.85. The topological polar surface area (TPSA) is 49.3 Å². The highest BCUT2D eigenvalue weighted by Gasteiger charge is 2.34. The molecule has 0 fully saturated rings. The molecule has 0 aliphatic heterocycles. The van der Waals surface area contributed by atoms with Gasteiger partial charge < -0.3 is 10.4 Å². The molecule has 3 nitrogen and oxygen atoms in total. The van der Waals surface area contributed by atoms with E-state index >= 15 is 0 Å². The molecule has 2 N–H and O–H groups in total. The highest BCUT2D eigenvalue weighted by Crippen LogP contribution is 2.34. The lowest BCUT2D eigenvalue weighted by molar-refractivity contribution is -0.139. The van der Waals surface area contributed by atoms with Crippen LogP contribution in [0.1, 0.15) is 31.1 Å². The van der Waals surface area contributed by atoms with Crippen molar-refractivity contribution in [3.05, 3.63) is 35.4 Å². The molecule has 0 aliphatic carbocycles. The van der Waals surface area contributed by atoms with Crippen molar-refractivity contribution in [3.8, 4) is 0 Å². The number of carbonyl (C=O) groups excluding carboxylic acids is 1. The average Bonchev–Trinajstić information content (AvgIpc) is 2.34. The van der Waals surface area contributed by atoms with Crippen LogP contribution in [0.15, 0.2) is 24.3 Å². The Balaban J connectivity index is 2.83. The van der Waals surface area contributed by atoms with Gasteiger partial charge in [-0.25, -0.2) is 0 Å². The maximum absolute atomic E-state index is 12.7. The smallest absolute Gasteiger partial charge is 0.387 e. The number of benzene rings is 1. The van der Waals surface area contributed by atoms with E-state index in [2.05, 4.69) is 5.32 Å². The number of carbonyl (C=O) groups is 1. The summed E-state index contributed by atoms with van der Waals surface area (Å²) < 4.78 is 38.2. The van der Waals surface area contributed by atoms with Gasteiger partial charge in [0.05, 0.1) is 11.7 Å². The fourth-order valence-electron chi connectivity index (χ4n) is 1.56. The van der Waals surface area contributed by atoms with Crippen LogP contribution in [-0.4, -0.2) is 17.6 Å². The number of aliphatic hydroxyl groups excluding tert-OH is 1. The highest BCUT2D eigenvalue weighted by molar-refractivity contribution is 5.77. The van der Waals surface area contributed by atoms with E-state index < -0.39 is 17.8 Å². The Bertz CT molecular complexity index is 444. The van der Waals surface area contributed by atoms with Gasteiger partial charge in [-0.3, -0.25) is 4.79 Å². The summed E-state index contributed by atoms with van der Waals surface area (Å²) in [6.07, 6.45) is -5.92. The summed E-state index contributed by atoms with van der Waals surface area (Å²) >= 11 is 0. The second-order valence-electron chi connectivity index (χ2n) is 4.50. The molecule has 1 aromatic rings. The summed E-state index contributed by atoms with van der Waals surface area (Å²) in [5.74, 6) is -0.603. The summed E-state index contributed by atoms with van der Waals surface area (Å²) in [6.45, 7) is 3.07. The molecular formula is C13H16F3NO2. The Hall–Kier alpha value is -1.56. The van der Waals surface area contributed by atoms with E-state index in [4.69, 9.17) is 0 Å². The first-order valence-electron chi connectivity index (χ1n) is 5.85. The van der Waals surface area contributed by atoms with Gasteiger partial charge in [0, 0.05) is 12.5 Å². The second kappa shape index (κ2) is 6.06. The summed E-state index contributed by atoms with van der Waals surface area (Å²) in [6, 6.07) is 4.78. The maximum Gasteiger partial charge on any atom is 0.416 e. The van der Waals surface area contributed by atoms with Crippen LogP contribution in [0.4, 0.5) is 13.2 Å². The quantitative estimate of drug-likeness (QED) is 0.887. The molecule has 1 rings (SSSR count). The number of alkyl halides is 3. The normalized spacial score (nSPS) is 13.4. The lowest BCUT2D eigenvalue weighted by atomic mass is 10.0. The Morgan fingerprint density at radius 1 is 1.32 bits per heavy atom. The van der Waals surface area contributed by atoms with Crippen LogP contribution in [0.25, 0.3) is 0 Å². The first kappa shape index (κ1) is 15.5. The number of amides is 1. The number of nitrogens with one attached hydrogen (secondary N) is 1. The molecule has 0 saturated heterocycles. The summed E-state index contributed by atoms with van der Waals surface area (Å²) in [5.41, 5.74) is -1.12. The summed E-state index contributed by atoms with van der Waals surface area (Å²) in [5, 5.41) is 12.2. The SMILES string of the molecule is CC(C)C(=O)NCC(O)c1ccccc1C(F)(F)F. The number of aliphatic hydroxyl groups is 1. The van der Waals surface area contributed by atoms with Crippen molar-refractivity contribution in [3.63, 3.8) is 0 Å². The zero-order valence-electron chi connectivity index (χ0n) is 10.7. The van der Waals surface area contributed by atoms with Crippen molar-refractivity contribution in [1.82, 2.24) is 5.32 Å². The monoisotopic (exact) mass is 275 g/mol. The van der Waals surface area contributed by atoms with Gasteiger partial charge in [-0.1, -0.05) is 32.0 Å². The number of halogens is 3. The van der Waals surface area contributed by atoms with Crippen molar-refractivity contribution in [2.24, 2.45) is 5.92 Å². The first-order chi connectivity index (χ1) is 8.73. The number of hydrogen-bond acceptors (Lipinski definition) is 2. The molecule has 6 heteroatoms. The van der Waals surface area contributed by atoms with E-state index in [9.17, 15) is 23.1 Å². The molecule has 19 heavy (non-hydrogen) atoms. The zero-order valence-corrected chi connectivity index (χ0v) is 10.7. The van der Waals surface area contributed by atoms with Crippen LogP contribution >= 0.6 is 0 Å². The van der Waals surface area contributed by atoms with Gasteiger partial charge in [-0.15, -0.1) is 0 Å². The van der Waals surface area contributed by atoms with Gasteiger partial charge in [0.25, 0.3) is 0 Å². The van der Waals surface area contributed by atoms with Gasteiger partial charge in [0.2, 0.25) is 5.91 Å². The minimum atomic E-state index is -4.53. The molecule has 0 aromatic heterocycles. The Kier molecular flexibility index (Phi) is 4.94. The maximum atomic E-state index is 12.7. The van der Waals surface area contributed by atoms with E-state index in [1.165, 1.54) is 18.2 Å². The van der Waals surface area contributed by atoms with Crippen LogP contribution in [0.3, 0.4) is 0 Å². The van der Waals surface area contributed by atoms with E-state index in [1.807, 2.05) is 0 Å². The molecule has 0 aliphatic rings. The van der Waals surface area contributed by atoms with Crippen molar-refractivity contribution in [1.29, 1.82) is 0 Å². The molecular weight excluding hydrogens is 259 g/mol. The van der Waals surface area contributed by atoms with E-state index in [-0.39, 0.29) is 23.9 Å². The highest BCUT2D eigenvalue weighted by atomic mass is 19.4. The minimum Gasteiger partial charge on any atom is -0.387 e. The van der Waals surface area contributed by atoms with Crippen LogP contribution in [0.5, 0.6) is 0 Å². The molecule has 1 aromatic carbocycles. The number of hydrogen-bond donors (Lipinski definition) is 2. The van der Waals surface area contributed by atoms with Crippen LogP contribution in [0, 0.1) is 5.92 Å².